The molecule has 13 heavy (non-hydrogen) atoms. The Bertz CT molecular complexity index is 236. The first kappa shape index (κ1) is 11.3. The fraction of sp³-hybridized carbons (Fsp3) is 0. The third-order valence-corrected chi connectivity index (χ3v) is 3.67. The number of hydrogen-bond donors (Lipinski definition) is 0. The van der Waals surface area contributed by atoms with E-state index in [1.165, 1.54) is 0 Å². The second kappa shape index (κ2) is 3.33. The standard InChI is InChI=1S/4NO2.Pd/c4*2-1-3;/q;;;;-1/p+1. The maximum absolute atomic E-state index is 9.89. The summed E-state index contributed by atoms with van der Waals surface area (Å²) in [6.45, 7) is 0. The van der Waals surface area contributed by atoms with E-state index in [0.29, 0.717) is 0 Å². The first-order valence-corrected chi connectivity index (χ1v) is 4.81. The molecule has 0 unspecified atom stereocenters. The van der Waals surface area contributed by atoms with Gasteiger partial charge in [-0.2, -0.15) is 0 Å². The minimum Gasteiger partial charge on any atom is 1.00 e. The molecular weight excluding hydrogens is 290 g/mol. The zero-order valence-corrected chi connectivity index (χ0v) is 6.93. The quantitative estimate of drug-likeness (QED) is 0.361. The van der Waals surface area contributed by atoms with Crippen LogP contribution >= 0.6 is 0 Å². The summed E-state index contributed by atoms with van der Waals surface area (Å²) in [5.74, 6) is 0. The fourth-order valence-electron chi connectivity index (χ4n) is 0.253. The molecule has 0 aromatic rings. The molecule has 0 atom stereocenters. The van der Waals surface area contributed by atoms with Crippen molar-refractivity contribution in [3.63, 3.8) is 0 Å². The molecule has 12 nitrogen and oxygen atoms in total. The maximum atomic E-state index is 9.89. The van der Waals surface area contributed by atoms with Crippen LogP contribution in [0.4, 0.5) is 0 Å². The fourth-order valence-corrected chi connectivity index (χ4v) is 1.50. The van der Waals surface area contributed by atoms with Gasteiger partial charge in [0.25, 0.3) is 0 Å². The molecule has 0 heterocycles. The predicted octanol–water partition coefficient (Wildman–Crippen LogP) is -0.980. The Morgan fingerprint density at radius 3 is 0.846 bits per heavy atom. The van der Waals surface area contributed by atoms with Gasteiger partial charge < -0.3 is 0 Å². The molecule has 0 aromatic heterocycles. The normalized spacial score (nSPS) is 11.7. The van der Waals surface area contributed by atoms with Crippen LogP contribution in [0.15, 0.2) is 0 Å². The number of rotatable bonds is 4. The Morgan fingerprint density at radius 2 is 0.846 bits per heavy atom. The minimum atomic E-state index is -6.34. The Kier molecular flexibility index (Phi) is 2.88. The molecule has 0 rings (SSSR count). The molecule has 13 heteroatoms. The molecule has 0 saturated carbocycles. The van der Waals surface area contributed by atoms with Crippen molar-refractivity contribution >= 4 is 0 Å². The number of hydrogen-bond acceptors (Lipinski definition) is 8. The molecule has 0 bridgehead atoms. The van der Waals surface area contributed by atoms with Crippen molar-refractivity contribution in [3.8, 4) is 0 Å². The third-order valence-electron chi connectivity index (χ3n) is 0.620. The zero-order chi connectivity index (χ0) is 10.8. The summed E-state index contributed by atoms with van der Waals surface area (Å²) < 4.78 is -8.15. The van der Waals surface area contributed by atoms with Crippen LogP contribution in [0, 0.1) is 40.5 Å². The van der Waals surface area contributed by atoms with Crippen molar-refractivity contribution in [1.82, 2.24) is 0 Å². The van der Waals surface area contributed by atoms with Gasteiger partial charge in [0.05, 0.1) is 0 Å². The predicted molar refractivity (Wildman–Crippen MR) is 29.1 cm³/mol. The van der Waals surface area contributed by atoms with Crippen LogP contribution in [0.5, 0.6) is 0 Å². The van der Waals surface area contributed by atoms with E-state index in [4.69, 9.17) is 0 Å². The average Bonchev–Trinajstić information content (AvgIpc) is 1.82. The second-order valence-corrected chi connectivity index (χ2v) is 5.28. The monoisotopic (exact) mass is 291 g/mol. The molecule has 0 N–H and O–H groups in total. The van der Waals surface area contributed by atoms with Crippen LogP contribution in [0.3, 0.4) is 0 Å². The van der Waals surface area contributed by atoms with Gasteiger partial charge in [-0.05, 0) is 0 Å². The summed E-state index contributed by atoms with van der Waals surface area (Å²) >= 11 is -6.34. The van der Waals surface area contributed by atoms with E-state index in [9.17, 15) is 40.5 Å². The average molecular weight is 291 g/mol. The molecule has 0 aliphatic heterocycles. The number of nitrogens with zero attached hydrogens (tertiary/aromatic N) is 4. The van der Waals surface area contributed by atoms with Crippen LogP contribution < -0.4 is 0 Å². The smallest absolute Gasteiger partial charge is 1.00 e. The van der Waals surface area contributed by atoms with E-state index < -0.39 is 30.7 Å². The molecule has 0 aliphatic rings. The van der Waals surface area contributed by atoms with Gasteiger partial charge in [0.2, 0.25) is 0 Å². The third kappa shape index (κ3) is 1.41. The van der Waals surface area contributed by atoms with Gasteiger partial charge in [0, 0.05) is 0 Å². The SMILES string of the molecule is O=[N+]([O-])[Pd-]([N+](=O)[O-])([N+](=O)[O-])[N+](=O)[O-].[H+]. The summed E-state index contributed by atoms with van der Waals surface area (Å²) in [6.07, 6.45) is 0. The van der Waals surface area contributed by atoms with Gasteiger partial charge in [-0.25, -0.2) is 0 Å². The molecule has 0 aromatic carbocycles. The topological polar surface area (TPSA) is 173 Å². The van der Waals surface area contributed by atoms with Crippen molar-refractivity contribution in [2.75, 3.05) is 0 Å². The summed E-state index contributed by atoms with van der Waals surface area (Å²) in [4.78, 5) is 39.6. The van der Waals surface area contributed by atoms with Crippen LogP contribution in [0.1, 0.15) is 1.43 Å². The van der Waals surface area contributed by atoms with Crippen LogP contribution in [0.25, 0.3) is 0 Å². The van der Waals surface area contributed by atoms with E-state index in [2.05, 4.69) is 0 Å². The molecule has 0 radical (unpaired) electrons. The van der Waals surface area contributed by atoms with Crippen molar-refractivity contribution in [2.45, 2.75) is 0 Å². The minimum absolute atomic E-state index is 0. The van der Waals surface area contributed by atoms with Gasteiger partial charge in [0.15, 0.2) is 0 Å². The van der Waals surface area contributed by atoms with Crippen molar-refractivity contribution < 1.29 is 32.2 Å². The molecule has 0 saturated heterocycles. The first-order valence-electron chi connectivity index (χ1n) is 2.03. The molecule has 0 aliphatic carbocycles. The van der Waals surface area contributed by atoms with E-state index >= 15 is 0 Å². The van der Waals surface area contributed by atoms with Crippen LogP contribution in [-0.4, -0.2) is 14.2 Å². The van der Waals surface area contributed by atoms with Crippen molar-refractivity contribution in [1.29, 1.82) is 0 Å². The summed E-state index contributed by atoms with van der Waals surface area (Å²) in [5.41, 5.74) is 0. The Hall–Kier alpha value is -1.74. The van der Waals surface area contributed by atoms with Crippen molar-refractivity contribution in [3.05, 3.63) is 40.5 Å². The molecule has 79 valence electrons. The first-order chi connectivity index (χ1) is 5.77. The Labute approximate surface area is 73.4 Å². The van der Waals surface area contributed by atoms with E-state index in [0.717, 1.165) is 0 Å². The van der Waals surface area contributed by atoms with E-state index in [1.54, 1.807) is 0 Å². The molecule has 0 fully saturated rings. The van der Waals surface area contributed by atoms with E-state index in [1.807, 2.05) is 0 Å². The van der Waals surface area contributed by atoms with Gasteiger partial charge in [-0.15, -0.1) is 0 Å². The largest absolute Gasteiger partial charge is 1.00 e. The van der Waals surface area contributed by atoms with Gasteiger partial charge in [-0.1, -0.05) is 0 Å². The maximum Gasteiger partial charge on any atom is 1.00 e. The van der Waals surface area contributed by atoms with E-state index in [-0.39, 0.29) is 1.43 Å². The summed E-state index contributed by atoms with van der Waals surface area (Å²) in [6, 6.07) is 0. The van der Waals surface area contributed by atoms with Gasteiger partial charge >= 0.3 is 72.6 Å². The Morgan fingerprint density at radius 1 is 0.692 bits per heavy atom. The second-order valence-electron chi connectivity index (χ2n) is 1.14. The van der Waals surface area contributed by atoms with Crippen LogP contribution in [0.2, 0.25) is 0 Å². The number of nitro groups is 4. The zero-order valence-electron chi connectivity index (χ0n) is 6.37. The molecule has 0 spiro atoms. The summed E-state index contributed by atoms with van der Waals surface area (Å²) in [5, 5.41) is 39.6. The Balaban J connectivity index is 0. The molecular formula is HN4O8Pd. The van der Waals surface area contributed by atoms with Crippen LogP contribution in [-0.2, 0) is 16.5 Å². The summed E-state index contributed by atoms with van der Waals surface area (Å²) in [7, 11) is 0. The van der Waals surface area contributed by atoms with Gasteiger partial charge in [-0.3, -0.25) is 0 Å². The molecule has 0 amide bonds. The van der Waals surface area contributed by atoms with Crippen molar-refractivity contribution in [2.24, 2.45) is 0 Å². The van der Waals surface area contributed by atoms with Gasteiger partial charge in [0.1, 0.15) is 0 Å².